The molecule has 1 unspecified atom stereocenters. The molecule has 1 aliphatic rings. The zero-order chi connectivity index (χ0) is 11.3. The summed E-state index contributed by atoms with van der Waals surface area (Å²) in [4.78, 5) is 9.71. The number of hydrogen-bond donors (Lipinski definition) is 2. The van der Waals surface area contributed by atoms with E-state index in [1.807, 2.05) is 0 Å². The van der Waals surface area contributed by atoms with Crippen LogP contribution in [0.3, 0.4) is 0 Å². The van der Waals surface area contributed by atoms with Crippen LogP contribution in [0.5, 0.6) is 0 Å². The molecule has 1 fully saturated rings. The van der Waals surface area contributed by atoms with E-state index < -0.39 is 13.5 Å². The lowest BCUT2D eigenvalue weighted by Crippen LogP contribution is -2.19. The van der Waals surface area contributed by atoms with E-state index >= 15 is 0 Å². The molecule has 0 amide bonds. The summed E-state index contributed by atoms with van der Waals surface area (Å²) in [5.41, 5.74) is 0. The Bertz CT molecular complexity index is 229. The average molecular weight is 255 g/mol. The molecular formula is C10H20ClO3P. The van der Waals surface area contributed by atoms with Gasteiger partial charge < -0.3 is 10.00 Å². The molecule has 3 nitrogen and oxygen atoms in total. The highest BCUT2D eigenvalue weighted by molar-refractivity contribution is 7.58. The number of rotatable bonds is 5. The van der Waals surface area contributed by atoms with E-state index in [4.69, 9.17) is 11.6 Å². The molecular weight excluding hydrogens is 235 g/mol. The summed E-state index contributed by atoms with van der Waals surface area (Å²) in [5.74, 6) is 0.409. The maximum atomic E-state index is 11.8. The van der Waals surface area contributed by atoms with E-state index in [1.165, 1.54) is 19.3 Å². The highest BCUT2D eigenvalue weighted by atomic mass is 35.5. The highest BCUT2D eigenvalue weighted by Crippen LogP contribution is 2.45. The molecule has 0 heterocycles. The van der Waals surface area contributed by atoms with Crippen LogP contribution in [0, 0.1) is 5.92 Å². The van der Waals surface area contributed by atoms with Crippen molar-refractivity contribution in [2.45, 2.75) is 38.2 Å². The normalized spacial score (nSPS) is 24.7. The Morgan fingerprint density at radius 1 is 1.33 bits per heavy atom. The van der Waals surface area contributed by atoms with Crippen LogP contribution >= 0.6 is 19.0 Å². The fourth-order valence-corrected chi connectivity index (χ4v) is 4.60. The second-order valence-corrected chi connectivity index (χ2v) is 7.26. The van der Waals surface area contributed by atoms with E-state index in [0.29, 0.717) is 12.1 Å². The molecule has 0 aromatic carbocycles. The first-order valence-electron chi connectivity index (χ1n) is 5.58. The SMILES string of the molecule is O=P(O)(CC1CCCCC1)C[C@H](O)CCl. The molecule has 1 aliphatic carbocycles. The summed E-state index contributed by atoms with van der Waals surface area (Å²) in [6.45, 7) is 0. The molecule has 1 rings (SSSR count). The van der Waals surface area contributed by atoms with E-state index in [2.05, 4.69) is 0 Å². The molecule has 0 aromatic heterocycles. The van der Waals surface area contributed by atoms with Crippen molar-refractivity contribution in [2.24, 2.45) is 5.92 Å². The molecule has 90 valence electrons. The fourth-order valence-electron chi connectivity index (χ4n) is 2.23. The minimum absolute atomic E-state index is 0.0369. The van der Waals surface area contributed by atoms with Gasteiger partial charge in [-0.2, -0.15) is 0 Å². The fraction of sp³-hybridized carbons (Fsp3) is 1.00. The van der Waals surface area contributed by atoms with Crippen molar-refractivity contribution in [3.05, 3.63) is 0 Å². The van der Waals surface area contributed by atoms with Crippen LogP contribution in [0.1, 0.15) is 32.1 Å². The predicted molar refractivity (Wildman–Crippen MR) is 62.9 cm³/mol. The van der Waals surface area contributed by atoms with Gasteiger partial charge in [-0.05, 0) is 18.8 Å². The van der Waals surface area contributed by atoms with Crippen molar-refractivity contribution in [3.8, 4) is 0 Å². The first kappa shape index (κ1) is 13.5. The van der Waals surface area contributed by atoms with Crippen LogP contribution in [0.15, 0.2) is 0 Å². The van der Waals surface area contributed by atoms with E-state index in [1.54, 1.807) is 0 Å². The average Bonchev–Trinajstić information content (AvgIpc) is 2.17. The topological polar surface area (TPSA) is 57.5 Å². The molecule has 0 saturated heterocycles. The van der Waals surface area contributed by atoms with Gasteiger partial charge in [-0.1, -0.05) is 19.3 Å². The Morgan fingerprint density at radius 2 is 1.93 bits per heavy atom. The molecule has 1 saturated carbocycles. The lowest BCUT2D eigenvalue weighted by molar-refractivity contribution is 0.217. The van der Waals surface area contributed by atoms with Gasteiger partial charge in [-0.15, -0.1) is 11.6 Å². The van der Waals surface area contributed by atoms with Gasteiger partial charge in [0.05, 0.1) is 12.3 Å². The smallest absolute Gasteiger partial charge is 0.203 e. The van der Waals surface area contributed by atoms with Crippen LogP contribution in [0.2, 0.25) is 0 Å². The first-order valence-corrected chi connectivity index (χ1v) is 8.15. The van der Waals surface area contributed by atoms with Gasteiger partial charge in [-0.25, -0.2) is 0 Å². The van der Waals surface area contributed by atoms with Crippen molar-refractivity contribution in [1.29, 1.82) is 0 Å². The van der Waals surface area contributed by atoms with E-state index in [-0.39, 0.29) is 12.0 Å². The summed E-state index contributed by atoms with van der Waals surface area (Å²) in [6, 6.07) is 0. The van der Waals surface area contributed by atoms with Crippen molar-refractivity contribution in [1.82, 2.24) is 0 Å². The standard InChI is InChI=1S/C10H20ClO3P/c11-6-10(12)8-15(13,14)7-9-4-2-1-3-5-9/h9-10,12H,1-8H2,(H,13,14)/t10-/m1/s1. The van der Waals surface area contributed by atoms with Crippen LogP contribution in [-0.4, -0.2) is 34.3 Å². The Balaban J connectivity index is 2.36. The number of halogens is 1. The summed E-state index contributed by atoms with van der Waals surface area (Å²) in [5, 5.41) is 9.26. The van der Waals surface area contributed by atoms with Gasteiger partial charge in [0.2, 0.25) is 7.37 Å². The van der Waals surface area contributed by atoms with Gasteiger partial charge in [0, 0.05) is 12.0 Å². The summed E-state index contributed by atoms with van der Waals surface area (Å²) in [6.07, 6.45) is 5.17. The number of aliphatic hydroxyl groups is 1. The van der Waals surface area contributed by atoms with E-state index in [0.717, 1.165) is 12.8 Å². The second-order valence-electron chi connectivity index (χ2n) is 4.52. The predicted octanol–water partition coefficient (Wildman–Crippen LogP) is 2.44. The molecule has 5 heteroatoms. The molecule has 2 N–H and O–H groups in total. The lowest BCUT2D eigenvalue weighted by atomic mass is 9.91. The second kappa shape index (κ2) is 6.24. The molecule has 0 bridgehead atoms. The number of alkyl halides is 1. The van der Waals surface area contributed by atoms with Crippen molar-refractivity contribution in [2.75, 3.05) is 18.2 Å². The van der Waals surface area contributed by atoms with Crippen molar-refractivity contribution in [3.63, 3.8) is 0 Å². The maximum absolute atomic E-state index is 11.8. The van der Waals surface area contributed by atoms with Crippen molar-refractivity contribution < 1.29 is 14.6 Å². The quantitative estimate of drug-likeness (QED) is 0.585. The minimum atomic E-state index is -3.17. The van der Waals surface area contributed by atoms with Crippen LogP contribution in [0.25, 0.3) is 0 Å². The third kappa shape index (κ3) is 5.35. The van der Waals surface area contributed by atoms with Gasteiger partial charge in [-0.3, -0.25) is 4.57 Å². The Hall–Kier alpha value is 0.440. The largest absolute Gasteiger partial charge is 0.391 e. The highest BCUT2D eigenvalue weighted by Gasteiger charge is 2.27. The Kier molecular flexibility index (Phi) is 5.62. The maximum Gasteiger partial charge on any atom is 0.203 e. The summed E-state index contributed by atoms with van der Waals surface area (Å²) >= 11 is 5.42. The van der Waals surface area contributed by atoms with Crippen molar-refractivity contribution >= 4 is 19.0 Å². The molecule has 2 atom stereocenters. The van der Waals surface area contributed by atoms with E-state index in [9.17, 15) is 14.6 Å². The molecule has 0 radical (unpaired) electrons. The van der Waals surface area contributed by atoms with Gasteiger partial charge in [0.15, 0.2) is 0 Å². The lowest BCUT2D eigenvalue weighted by Gasteiger charge is -2.24. The van der Waals surface area contributed by atoms with Crippen LogP contribution in [-0.2, 0) is 4.57 Å². The van der Waals surface area contributed by atoms with Gasteiger partial charge >= 0.3 is 0 Å². The number of hydrogen-bond acceptors (Lipinski definition) is 2. The molecule has 0 spiro atoms. The minimum Gasteiger partial charge on any atom is -0.391 e. The Labute approximate surface area is 96.3 Å². The Morgan fingerprint density at radius 3 is 2.47 bits per heavy atom. The summed E-state index contributed by atoms with van der Waals surface area (Å²) < 4.78 is 11.8. The molecule has 15 heavy (non-hydrogen) atoms. The molecule has 0 aromatic rings. The monoisotopic (exact) mass is 254 g/mol. The van der Waals surface area contributed by atoms with Crippen LogP contribution < -0.4 is 0 Å². The summed E-state index contributed by atoms with van der Waals surface area (Å²) in [7, 11) is -3.17. The third-order valence-corrected chi connectivity index (χ3v) is 5.38. The number of aliphatic hydroxyl groups excluding tert-OH is 1. The third-order valence-electron chi connectivity index (χ3n) is 2.94. The zero-order valence-electron chi connectivity index (χ0n) is 8.94. The van der Waals surface area contributed by atoms with Gasteiger partial charge in [0.25, 0.3) is 0 Å². The van der Waals surface area contributed by atoms with Gasteiger partial charge in [0.1, 0.15) is 0 Å². The first-order chi connectivity index (χ1) is 7.03. The van der Waals surface area contributed by atoms with Crippen LogP contribution in [0.4, 0.5) is 0 Å². The zero-order valence-corrected chi connectivity index (χ0v) is 10.6. The molecule has 0 aliphatic heterocycles.